The lowest BCUT2D eigenvalue weighted by Gasteiger charge is -2.32. The number of nitriles is 1. The van der Waals surface area contributed by atoms with Crippen molar-refractivity contribution in [2.75, 3.05) is 19.6 Å². The first-order valence-corrected chi connectivity index (χ1v) is 6.47. The van der Waals surface area contributed by atoms with Crippen molar-refractivity contribution in [1.29, 1.82) is 5.26 Å². The molecule has 0 bridgehead atoms. The molecule has 1 aliphatic heterocycles. The van der Waals surface area contributed by atoms with E-state index in [-0.39, 0.29) is 0 Å². The van der Waals surface area contributed by atoms with Crippen molar-refractivity contribution in [2.45, 2.75) is 58.0 Å². The molecule has 1 atom stereocenters. The Morgan fingerprint density at radius 1 is 1.25 bits per heavy atom. The molecule has 0 amide bonds. The number of nitrogens with zero attached hydrogens (tertiary/aromatic N) is 2. The van der Waals surface area contributed by atoms with Crippen LogP contribution in [0.4, 0.5) is 0 Å². The van der Waals surface area contributed by atoms with Gasteiger partial charge in [0.1, 0.15) is 5.54 Å². The van der Waals surface area contributed by atoms with Crippen LogP contribution in [0.3, 0.4) is 0 Å². The first-order chi connectivity index (χ1) is 7.56. The molecule has 1 aliphatic rings. The van der Waals surface area contributed by atoms with Crippen LogP contribution < -0.4 is 5.32 Å². The second-order valence-corrected chi connectivity index (χ2v) is 5.43. The quantitative estimate of drug-likeness (QED) is 0.793. The van der Waals surface area contributed by atoms with Gasteiger partial charge in [0.05, 0.1) is 6.07 Å². The van der Waals surface area contributed by atoms with E-state index in [1.165, 1.54) is 25.7 Å². The largest absolute Gasteiger partial charge is 0.300 e. The van der Waals surface area contributed by atoms with Gasteiger partial charge in [-0.1, -0.05) is 12.8 Å². The number of hydrogen-bond acceptors (Lipinski definition) is 3. The second-order valence-electron chi connectivity index (χ2n) is 5.43. The van der Waals surface area contributed by atoms with Gasteiger partial charge in [-0.25, -0.2) is 0 Å². The second kappa shape index (κ2) is 6.22. The topological polar surface area (TPSA) is 39.1 Å². The van der Waals surface area contributed by atoms with Gasteiger partial charge in [-0.05, 0) is 46.7 Å². The normalized spacial score (nSPS) is 22.4. The highest BCUT2D eigenvalue weighted by Gasteiger charge is 2.27. The molecule has 0 saturated carbocycles. The molecule has 92 valence electrons. The molecular formula is C13H25N3. The highest BCUT2D eigenvalue weighted by molar-refractivity contribution is 5.06. The molecule has 1 N–H and O–H groups in total. The molecule has 1 unspecified atom stereocenters. The fraction of sp³-hybridized carbons (Fsp3) is 0.923. The zero-order chi connectivity index (χ0) is 12.0. The summed E-state index contributed by atoms with van der Waals surface area (Å²) in [7, 11) is 0. The third-order valence-corrected chi connectivity index (χ3v) is 3.09. The number of nitrogens with one attached hydrogen (secondary N) is 1. The summed E-state index contributed by atoms with van der Waals surface area (Å²) < 4.78 is 0. The van der Waals surface area contributed by atoms with Crippen LogP contribution in [0.5, 0.6) is 0 Å². The van der Waals surface area contributed by atoms with E-state index in [0.717, 1.165) is 19.6 Å². The molecule has 3 heteroatoms. The number of hydrogen-bond donors (Lipinski definition) is 1. The molecule has 0 aliphatic carbocycles. The van der Waals surface area contributed by atoms with E-state index in [9.17, 15) is 5.26 Å². The summed E-state index contributed by atoms with van der Waals surface area (Å²) in [4.78, 5) is 2.44. The molecule has 3 nitrogen and oxygen atoms in total. The molecule has 1 heterocycles. The maximum atomic E-state index is 9.30. The first-order valence-electron chi connectivity index (χ1n) is 6.47. The van der Waals surface area contributed by atoms with E-state index in [4.69, 9.17) is 0 Å². The Hall–Kier alpha value is -0.590. The van der Waals surface area contributed by atoms with E-state index in [0.29, 0.717) is 6.04 Å². The minimum atomic E-state index is -0.404. The predicted octanol–water partition coefficient (Wildman–Crippen LogP) is 2.14. The van der Waals surface area contributed by atoms with Crippen LogP contribution in [0.1, 0.15) is 46.5 Å². The van der Waals surface area contributed by atoms with Gasteiger partial charge in [0.2, 0.25) is 0 Å². The summed E-state index contributed by atoms with van der Waals surface area (Å²) in [6, 6.07) is 2.78. The smallest absolute Gasteiger partial charge is 0.116 e. The van der Waals surface area contributed by atoms with Gasteiger partial charge in [0.15, 0.2) is 0 Å². The molecule has 16 heavy (non-hydrogen) atoms. The van der Waals surface area contributed by atoms with Crippen molar-refractivity contribution in [3.8, 4) is 6.07 Å². The Kier molecular flexibility index (Phi) is 5.24. The van der Waals surface area contributed by atoms with Gasteiger partial charge in [-0.2, -0.15) is 5.26 Å². The van der Waals surface area contributed by atoms with Crippen LogP contribution in [0.15, 0.2) is 0 Å². The first kappa shape index (κ1) is 13.5. The van der Waals surface area contributed by atoms with Crippen molar-refractivity contribution < 1.29 is 0 Å². The van der Waals surface area contributed by atoms with Gasteiger partial charge >= 0.3 is 0 Å². The standard InChI is InChI=1S/C13H25N3/c1-12(2)15-13(3,10-14)11-16-8-6-4-5-7-9-16/h12,15H,4-9,11H2,1-3H3. The Balaban J connectivity index is 2.50. The molecule has 0 aromatic carbocycles. The van der Waals surface area contributed by atoms with E-state index in [2.05, 4.69) is 30.1 Å². The fourth-order valence-electron chi connectivity index (χ4n) is 2.49. The summed E-state index contributed by atoms with van der Waals surface area (Å²) in [5.74, 6) is 0. The zero-order valence-corrected chi connectivity index (χ0v) is 10.9. The van der Waals surface area contributed by atoms with Crippen LogP contribution in [0, 0.1) is 11.3 Å². The van der Waals surface area contributed by atoms with Gasteiger partial charge in [0, 0.05) is 12.6 Å². The minimum Gasteiger partial charge on any atom is -0.300 e. The summed E-state index contributed by atoms with van der Waals surface area (Å²) in [5.41, 5.74) is -0.404. The monoisotopic (exact) mass is 223 g/mol. The van der Waals surface area contributed by atoms with Crippen molar-refractivity contribution in [3.05, 3.63) is 0 Å². The minimum absolute atomic E-state index is 0.358. The molecule has 1 saturated heterocycles. The van der Waals surface area contributed by atoms with Crippen LogP contribution in [-0.4, -0.2) is 36.1 Å². The average molecular weight is 223 g/mol. The molecule has 0 aromatic heterocycles. The maximum Gasteiger partial charge on any atom is 0.116 e. The van der Waals surface area contributed by atoms with Gasteiger partial charge in [0.25, 0.3) is 0 Å². The zero-order valence-electron chi connectivity index (χ0n) is 10.9. The molecular weight excluding hydrogens is 198 g/mol. The third-order valence-electron chi connectivity index (χ3n) is 3.09. The molecule has 1 fully saturated rings. The maximum absolute atomic E-state index is 9.30. The van der Waals surface area contributed by atoms with E-state index >= 15 is 0 Å². The highest BCUT2D eigenvalue weighted by Crippen LogP contribution is 2.13. The summed E-state index contributed by atoms with van der Waals surface area (Å²) in [6.45, 7) is 9.35. The molecule has 0 aromatic rings. The lowest BCUT2D eigenvalue weighted by Crippen LogP contribution is -2.53. The Labute approximate surface area is 99.8 Å². The van der Waals surface area contributed by atoms with E-state index < -0.39 is 5.54 Å². The number of likely N-dealkylation sites (tertiary alicyclic amines) is 1. The third kappa shape index (κ3) is 4.51. The summed E-state index contributed by atoms with van der Waals surface area (Å²) >= 11 is 0. The van der Waals surface area contributed by atoms with E-state index in [1.54, 1.807) is 0 Å². The predicted molar refractivity (Wildman–Crippen MR) is 67.2 cm³/mol. The van der Waals surface area contributed by atoms with Crippen LogP contribution in [-0.2, 0) is 0 Å². The van der Waals surface area contributed by atoms with Gasteiger partial charge < -0.3 is 4.90 Å². The van der Waals surface area contributed by atoms with Crippen LogP contribution in [0.25, 0.3) is 0 Å². The lowest BCUT2D eigenvalue weighted by atomic mass is 10.0. The number of rotatable bonds is 4. The van der Waals surface area contributed by atoms with Crippen molar-refractivity contribution in [3.63, 3.8) is 0 Å². The van der Waals surface area contributed by atoms with Gasteiger partial charge in [-0.15, -0.1) is 0 Å². The average Bonchev–Trinajstić information content (AvgIpc) is 2.45. The molecule has 1 rings (SSSR count). The van der Waals surface area contributed by atoms with Gasteiger partial charge in [-0.3, -0.25) is 5.32 Å². The SMILES string of the molecule is CC(C)NC(C)(C#N)CN1CCCCCC1. The van der Waals surface area contributed by atoms with Crippen molar-refractivity contribution in [2.24, 2.45) is 0 Å². The Morgan fingerprint density at radius 3 is 2.25 bits per heavy atom. The molecule has 0 spiro atoms. The Morgan fingerprint density at radius 2 is 1.81 bits per heavy atom. The van der Waals surface area contributed by atoms with Crippen molar-refractivity contribution >= 4 is 0 Å². The lowest BCUT2D eigenvalue weighted by molar-refractivity contribution is 0.220. The van der Waals surface area contributed by atoms with E-state index in [1.807, 2.05) is 6.92 Å². The summed E-state index contributed by atoms with van der Waals surface area (Å²) in [6.07, 6.45) is 5.25. The Bertz CT molecular complexity index is 236. The van der Waals surface area contributed by atoms with Crippen molar-refractivity contribution in [1.82, 2.24) is 10.2 Å². The van der Waals surface area contributed by atoms with Crippen LogP contribution >= 0.6 is 0 Å². The molecule has 0 radical (unpaired) electrons. The highest BCUT2D eigenvalue weighted by atomic mass is 15.2. The van der Waals surface area contributed by atoms with Crippen LogP contribution in [0.2, 0.25) is 0 Å². The fourth-order valence-corrected chi connectivity index (χ4v) is 2.49. The summed E-state index contributed by atoms with van der Waals surface area (Å²) in [5, 5.41) is 12.7.